The molecule has 1 atom stereocenters. The normalized spacial score (nSPS) is 17.8. The summed E-state index contributed by atoms with van der Waals surface area (Å²) in [4.78, 5) is 4.67. The second kappa shape index (κ2) is 7.04. The van der Waals surface area contributed by atoms with E-state index in [-0.39, 0.29) is 0 Å². The second-order valence-electron chi connectivity index (χ2n) is 5.56. The lowest BCUT2D eigenvalue weighted by Crippen LogP contribution is -2.43. The molecule has 2 rings (SSSR count). The van der Waals surface area contributed by atoms with E-state index in [2.05, 4.69) is 36.2 Å². The summed E-state index contributed by atoms with van der Waals surface area (Å²) >= 11 is 1.59. The Hall–Kier alpha value is -0.890. The fourth-order valence-electron chi connectivity index (χ4n) is 2.74. The Kier molecular flexibility index (Phi) is 5.38. The Balaban J connectivity index is 1.80. The maximum absolute atomic E-state index is 8.81. The van der Waals surface area contributed by atoms with Crippen LogP contribution in [0.3, 0.4) is 0 Å². The molecule has 0 bridgehead atoms. The van der Waals surface area contributed by atoms with E-state index in [9.17, 15) is 0 Å². The maximum Gasteiger partial charge on any atom is 0.110 e. The monoisotopic (exact) mass is 277 g/mol. The van der Waals surface area contributed by atoms with E-state index in [4.69, 9.17) is 5.26 Å². The van der Waals surface area contributed by atoms with E-state index in [1.165, 1.54) is 30.8 Å². The van der Waals surface area contributed by atoms with Gasteiger partial charge in [0.15, 0.2) is 0 Å². The first-order valence-electron chi connectivity index (χ1n) is 7.14. The first kappa shape index (κ1) is 14.5. The van der Waals surface area contributed by atoms with Gasteiger partial charge in [-0.3, -0.25) is 4.90 Å². The Labute approximate surface area is 120 Å². The molecule has 104 valence electrons. The van der Waals surface area contributed by atoms with E-state index in [1.807, 2.05) is 6.07 Å². The van der Waals surface area contributed by atoms with Crippen molar-refractivity contribution >= 4 is 11.3 Å². The molecule has 4 heteroatoms. The van der Waals surface area contributed by atoms with E-state index in [0.29, 0.717) is 12.0 Å². The van der Waals surface area contributed by atoms with Crippen molar-refractivity contribution in [3.8, 4) is 6.07 Å². The van der Waals surface area contributed by atoms with Gasteiger partial charge in [-0.2, -0.15) is 5.26 Å². The molecule has 3 nitrogen and oxygen atoms in total. The van der Waals surface area contributed by atoms with E-state index in [0.717, 1.165) is 18.0 Å². The van der Waals surface area contributed by atoms with Crippen molar-refractivity contribution in [3.05, 3.63) is 21.9 Å². The van der Waals surface area contributed by atoms with E-state index >= 15 is 0 Å². The minimum Gasteiger partial charge on any atom is -0.310 e. The van der Waals surface area contributed by atoms with Crippen molar-refractivity contribution < 1.29 is 0 Å². The molecule has 1 unspecified atom stereocenters. The second-order valence-corrected chi connectivity index (χ2v) is 6.73. The molecule has 1 saturated heterocycles. The number of likely N-dealkylation sites (tertiary alicyclic amines) is 1. The predicted octanol–water partition coefficient (Wildman–Crippen LogP) is 2.83. The first-order valence-corrected chi connectivity index (χ1v) is 7.96. The van der Waals surface area contributed by atoms with Crippen LogP contribution in [0.5, 0.6) is 0 Å². The molecule has 1 N–H and O–H groups in total. The topological polar surface area (TPSA) is 39.1 Å². The Bertz CT molecular complexity index is 427. The molecule has 1 aliphatic rings. The van der Waals surface area contributed by atoms with Gasteiger partial charge < -0.3 is 5.32 Å². The van der Waals surface area contributed by atoms with Crippen molar-refractivity contribution in [3.63, 3.8) is 0 Å². The molecule has 0 radical (unpaired) electrons. The van der Waals surface area contributed by atoms with Crippen LogP contribution in [-0.4, -0.2) is 30.6 Å². The van der Waals surface area contributed by atoms with Gasteiger partial charge in [-0.1, -0.05) is 13.8 Å². The number of hydrogen-bond acceptors (Lipinski definition) is 4. The number of nitrogens with zero attached hydrogens (tertiary/aromatic N) is 2. The zero-order valence-corrected chi connectivity index (χ0v) is 12.7. The van der Waals surface area contributed by atoms with Gasteiger partial charge >= 0.3 is 0 Å². The zero-order valence-electron chi connectivity index (χ0n) is 11.9. The lowest BCUT2D eigenvalue weighted by Gasteiger charge is -2.31. The highest BCUT2D eigenvalue weighted by Gasteiger charge is 2.23. The van der Waals surface area contributed by atoms with Gasteiger partial charge in [0.2, 0.25) is 0 Å². The van der Waals surface area contributed by atoms with Crippen LogP contribution in [0.1, 0.15) is 36.4 Å². The van der Waals surface area contributed by atoms with Crippen molar-refractivity contribution in [2.24, 2.45) is 5.92 Å². The predicted molar refractivity (Wildman–Crippen MR) is 80.2 cm³/mol. The lowest BCUT2D eigenvalue weighted by atomic mass is 10.0. The van der Waals surface area contributed by atoms with Crippen LogP contribution >= 0.6 is 11.3 Å². The Morgan fingerprint density at radius 3 is 2.68 bits per heavy atom. The molecular formula is C15H23N3S. The molecule has 1 aromatic rings. The average Bonchev–Trinajstić information content (AvgIpc) is 3.05. The van der Waals surface area contributed by atoms with Crippen LogP contribution in [0, 0.1) is 17.2 Å². The molecule has 0 amide bonds. The summed E-state index contributed by atoms with van der Waals surface area (Å²) in [6.07, 6.45) is 2.69. The summed E-state index contributed by atoms with van der Waals surface area (Å²) in [6.45, 7) is 9.04. The van der Waals surface area contributed by atoms with Crippen LogP contribution in [0.4, 0.5) is 0 Å². The minimum atomic E-state index is 0.637. The fraction of sp³-hybridized carbons (Fsp3) is 0.667. The number of thiophene rings is 1. The number of nitriles is 1. The molecule has 1 fully saturated rings. The quantitative estimate of drug-likeness (QED) is 0.869. The third-order valence-electron chi connectivity index (χ3n) is 3.80. The minimum absolute atomic E-state index is 0.637. The zero-order chi connectivity index (χ0) is 13.7. The molecular weight excluding hydrogens is 254 g/mol. The Morgan fingerprint density at radius 2 is 2.11 bits per heavy atom. The molecule has 1 aromatic heterocycles. The van der Waals surface area contributed by atoms with Crippen molar-refractivity contribution in [1.29, 1.82) is 5.26 Å². The molecule has 0 spiro atoms. The highest BCUT2D eigenvalue weighted by Crippen LogP contribution is 2.18. The van der Waals surface area contributed by atoms with Crippen molar-refractivity contribution in [2.45, 2.75) is 39.3 Å². The van der Waals surface area contributed by atoms with Gasteiger partial charge in [-0.05, 0) is 44.0 Å². The average molecular weight is 277 g/mol. The van der Waals surface area contributed by atoms with E-state index in [1.54, 1.807) is 11.3 Å². The first-order chi connectivity index (χ1) is 9.20. The maximum atomic E-state index is 8.81. The third kappa shape index (κ3) is 4.04. The molecule has 0 aromatic carbocycles. The third-order valence-corrected chi connectivity index (χ3v) is 4.79. The van der Waals surface area contributed by atoms with Gasteiger partial charge in [0.25, 0.3) is 0 Å². The number of nitrogens with one attached hydrogen (secondary N) is 1. The van der Waals surface area contributed by atoms with Gasteiger partial charge in [-0.15, -0.1) is 11.3 Å². The summed E-state index contributed by atoms with van der Waals surface area (Å²) in [7, 11) is 0. The number of hydrogen-bond donors (Lipinski definition) is 1. The van der Waals surface area contributed by atoms with Crippen molar-refractivity contribution in [1.82, 2.24) is 10.2 Å². The Morgan fingerprint density at radius 1 is 1.37 bits per heavy atom. The molecule has 2 heterocycles. The summed E-state index contributed by atoms with van der Waals surface area (Å²) in [6, 6.07) is 6.79. The van der Waals surface area contributed by atoms with Gasteiger partial charge in [-0.25, -0.2) is 0 Å². The van der Waals surface area contributed by atoms with E-state index < -0.39 is 0 Å². The highest BCUT2D eigenvalue weighted by molar-refractivity contribution is 7.12. The largest absolute Gasteiger partial charge is 0.310 e. The molecule has 19 heavy (non-hydrogen) atoms. The van der Waals surface area contributed by atoms with Gasteiger partial charge in [0.05, 0.1) is 0 Å². The standard InChI is InChI=1S/C15H23N3S/c1-12(2)15(18-7-3-4-8-18)11-17-10-14-6-5-13(9-16)19-14/h5-6,12,15,17H,3-4,7-8,10-11H2,1-2H3. The van der Waals surface area contributed by atoms with Crippen LogP contribution in [0.25, 0.3) is 0 Å². The van der Waals surface area contributed by atoms with Gasteiger partial charge in [0.1, 0.15) is 10.9 Å². The molecule has 1 aliphatic heterocycles. The molecule has 0 saturated carbocycles. The van der Waals surface area contributed by atoms with Crippen molar-refractivity contribution in [2.75, 3.05) is 19.6 Å². The lowest BCUT2D eigenvalue weighted by molar-refractivity contribution is 0.186. The van der Waals surface area contributed by atoms with Crippen LogP contribution < -0.4 is 5.32 Å². The van der Waals surface area contributed by atoms with Gasteiger partial charge in [0, 0.05) is 24.0 Å². The van der Waals surface area contributed by atoms with Crippen LogP contribution in [0.15, 0.2) is 12.1 Å². The summed E-state index contributed by atoms with van der Waals surface area (Å²) in [5.41, 5.74) is 0. The summed E-state index contributed by atoms with van der Waals surface area (Å²) in [5.74, 6) is 0.684. The van der Waals surface area contributed by atoms with Crippen LogP contribution in [0.2, 0.25) is 0 Å². The SMILES string of the molecule is CC(C)C(CNCc1ccc(C#N)s1)N1CCCC1. The summed E-state index contributed by atoms with van der Waals surface area (Å²) in [5, 5.41) is 12.4. The smallest absolute Gasteiger partial charge is 0.110 e. The fourth-order valence-corrected chi connectivity index (χ4v) is 3.51. The highest BCUT2D eigenvalue weighted by atomic mass is 32.1. The number of rotatable bonds is 6. The molecule has 0 aliphatic carbocycles. The van der Waals surface area contributed by atoms with Crippen LogP contribution in [-0.2, 0) is 6.54 Å². The summed E-state index contributed by atoms with van der Waals surface area (Å²) < 4.78 is 0.